The molecule has 1 N–H and O–H groups in total. The molecule has 0 aromatic carbocycles. The lowest BCUT2D eigenvalue weighted by molar-refractivity contribution is -0.140. The second kappa shape index (κ2) is 7.72. The molecule has 3 rings (SSSR count). The highest BCUT2D eigenvalue weighted by atomic mass is 16.6. The van der Waals surface area contributed by atoms with Gasteiger partial charge in [-0.05, 0) is 56.6 Å². The van der Waals surface area contributed by atoms with Gasteiger partial charge in [-0.25, -0.2) is 0 Å². The zero-order valence-electron chi connectivity index (χ0n) is 16.4. The Morgan fingerprint density at radius 1 is 1.44 bits per heavy atom. The molecule has 0 unspecified atom stereocenters. The lowest BCUT2D eigenvalue weighted by Crippen LogP contribution is -2.39. The molecule has 0 radical (unpaired) electrons. The second-order valence-electron chi connectivity index (χ2n) is 8.43. The third-order valence-electron chi connectivity index (χ3n) is 6.31. The third kappa shape index (κ3) is 4.25. The minimum absolute atomic E-state index is 0.0248. The van der Waals surface area contributed by atoms with E-state index in [0.717, 1.165) is 48.7 Å². The highest BCUT2D eigenvalue weighted by Crippen LogP contribution is 2.50. The molecule has 0 aromatic rings. The van der Waals surface area contributed by atoms with Crippen molar-refractivity contribution in [2.45, 2.75) is 64.3 Å². The summed E-state index contributed by atoms with van der Waals surface area (Å²) >= 11 is 0. The number of ether oxygens (including phenoxy) is 2. The average Bonchev–Trinajstić information content (AvgIpc) is 3.26. The number of rotatable bonds is 4. The predicted octanol–water partition coefficient (Wildman–Crippen LogP) is 3.13. The van der Waals surface area contributed by atoms with Crippen molar-refractivity contribution in [2.24, 2.45) is 17.8 Å². The summed E-state index contributed by atoms with van der Waals surface area (Å²) in [6.07, 6.45) is 7.72. The number of hydrogen-bond acceptors (Lipinski definition) is 5. The maximum atomic E-state index is 11.8. The monoisotopic (exact) mass is 374 g/mol. The van der Waals surface area contributed by atoms with Gasteiger partial charge in [-0.15, -0.1) is 0 Å². The van der Waals surface area contributed by atoms with Crippen LogP contribution in [0.25, 0.3) is 0 Å². The summed E-state index contributed by atoms with van der Waals surface area (Å²) in [5.41, 5.74) is 2.49. The van der Waals surface area contributed by atoms with Gasteiger partial charge in [-0.3, -0.25) is 9.59 Å². The van der Waals surface area contributed by atoms with Crippen LogP contribution in [0.5, 0.6) is 0 Å². The topological polar surface area (TPSA) is 76.1 Å². The minimum Gasteiger partial charge on any atom is -0.461 e. The van der Waals surface area contributed by atoms with Crippen molar-refractivity contribution >= 4 is 12.3 Å². The molecule has 2 aliphatic carbocycles. The number of carbonyl (C=O) groups is 2. The van der Waals surface area contributed by atoms with Crippen molar-refractivity contribution in [3.63, 3.8) is 0 Å². The van der Waals surface area contributed by atoms with Gasteiger partial charge in [0.25, 0.3) is 0 Å². The lowest BCUT2D eigenvalue weighted by atomic mass is 9.67. The average molecular weight is 374 g/mol. The van der Waals surface area contributed by atoms with Crippen LogP contribution in [0.15, 0.2) is 35.5 Å². The summed E-state index contributed by atoms with van der Waals surface area (Å²) < 4.78 is 10.9. The standard InChI is InChI=1S/C22H30O5/c1-13(12-26-15(3)24)9-16-10-17(11-23)18-7-8-22(4)19(27-22)6-5-14(2)20(18)21(16)25/h9-11,16,18-21,25H,2,5-8,12H2,1,3-4H3/b13-9+/t16-,18-,19+,20+,21+,22+/m1/s1. The summed E-state index contributed by atoms with van der Waals surface area (Å²) in [5, 5.41) is 11.1. The Balaban J connectivity index is 1.86. The quantitative estimate of drug-likeness (QED) is 0.354. The second-order valence-corrected chi connectivity index (χ2v) is 8.43. The van der Waals surface area contributed by atoms with Gasteiger partial charge in [-0.2, -0.15) is 0 Å². The van der Waals surface area contributed by atoms with Crippen molar-refractivity contribution in [2.75, 3.05) is 6.61 Å². The lowest BCUT2D eigenvalue weighted by Gasteiger charge is -2.39. The number of hydrogen-bond donors (Lipinski definition) is 1. The van der Waals surface area contributed by atoms with Crippen LogP contribution < -0.4 is 0 Å². The Bertz CT molecular complexity index is 691. The minimum atomic E-state index is -0.637. The fourth-order valence-corrected chi connectivity index (χ4v) is 4.67. The maximum absolute atomic E-state index is 11.8. The predicted molar refractivity (Wildman–Crippen MR) is 102 cm³/mol. The van der Waals surface area contributed by atoms with Gasteiger partial charge >= 0.3 is 5.97 Å². The van der Waals surface area contributed by atoms with Gasteiger partial charge in [-0.1, -0.05) is 24.3 Å². The number of aliphatic hydroxyl groups excluding tert-OH is 1. The molecule has 1 heterocycles. The van der Waals surface area contributed by atoms with Crippen LogP contribution in [0, 0.1) is 17.8 Å². The molecule has 0 spiro atoms. The summed E-state index contributed by atoms with van der Waals surface area (Å²) in [6, 6.07) is 0. The van der Waals surface area contributed by atoms with Gasteiger partial charge in [0, 0.05) is 18.8 Å². The zero-order valence-corrected chi connectivity index (χ0v) is 16.4. The molecule has 3 aliphatic rings. The third-order valence-corrected chi connectivity index (χ3v) is 6.31. The molecule has 5 heteroatoms. The molecular formula is C22H30O5. The molecule has 0 amide bonds. The number of allylic oxidation sites excluding steroid dienone is 1. The number of carbonyl (C=O) groups excluding carboxylic acids is 2. The number of aliphatic hydroxyl groups is 1. The van der Waals surface area contributed by atoms with Crippen LogP contribution in [0.2, 0.25) is 0 Å². The molecule has 5 nitrogen and oxygen atoms in total. The molecule has 1 saturated heterocycles. The molecule has 1 aliphatic heterocycles. The van der Waals surface area contributed by atoms with E-state index in [0.29, 0.717) is 0 Å². The van der Waals surface area contributed by atoms with Gasteiger partial charge in [0.15, 0.2) is 0 Å². The van der Waals surface area contributed by atoms with Crippen LogP contribution >= 0.6 is 0 Å². The van der Waals surface area contributed by atoms with Gasteiger partial charge in [0.2, 0.25) is 0 Å². The van der Waals surface area contributed by atoms with E-state index in [1.165, 1.54) is 6.92 Å². The first-order chi connectivity index (χ1) is 12.7. The SMILES string of the molecule is C=C1CC[C@@H]2O[C@@]2(C)CC[C@@H]2C(C=O)=C[C@@H](/C=C(\C)COC(C)=O)[C@H](O)[C@@H]12. The highest BCUT2D eigenvalue weighted by molar-refractivity contribution is 5.75. The van der Waals surface area contributed by atoms with Gasteiger partial charge < -0.3 is 14.6 Å². The van der Waals surface area contributed by atoms with E-state index in [9.17, 15) is 14.7 Å². The summed E-state index contributed by atoms with van der Waals surface area (Å²) in [7, 11) is 0. The Hall–Kier alpha value is -1.72. The molecule has 148 valence electrons. The Labute approximate surface area is 161 Å². The van der Waals surface area contributed by atoms with Crippen LogP contribution in [0.1, 0.15) is 46.5 Å². The fraction of sp³-hybridized carbons (Fsp3) is 0.636. The normalized spacial score (nSPS) is 39.1. The van der Waals surface area contributed by atoms with Crippen LogP contribution in [0.3, 0.4) is 0 Å². The zero-order chi connectivity index (χ0) is 19.8. The Morgan fingerprint density at radius 3 is 2.85 bits per heavy atom. The van der Waals surface area contributed by atoms with Crippen molar-refractivity contribution < 1.29 is 24.2 Å². The van der Waals surface area contributed by atoms with Gasteiger partial charge in [0.1, 0.15) is 12.9 Å². The van der Waals surface area contributed by atoms with Crippen molar-refractivity contribution in [1.82, 2.24) is 0 Å². The molecule has 0 bridgehead atoms. The largest absolute Gasteiger partial charge is 0.461 e. The van der Waals surface area contributed by atoms with E-state index in [2.05, 4.69) is 13.5 Å². The Morgan fingerprint density at radius 2 is 2.19 bits per heavy atom. The molecule has 2 fully saturated rings. The number of esters is 1. The molecular weight excluding hydrogens is 344 g/mol. The number of aldehydes is 1. The molecule has 27 heavy (non-hydrogen) atoms. The summed E-state index contributed by atoms with van der Waals surface area (Å²) in [6.45, 7) is 9.81. The molecule has 6 atom stereocenters. The van der Waals surface area contributed by atoms with E-state index < -0.39 is 6.10 Å². The molecule has 1 saturated carbocycles. The van der Waals surface area contributed by atoms with Crippen molar-refractivity contribution in [3.8, 4) is 0 Å². The first kappa shape index (κ1) is 20.0. The van der Waals surface area contributed by atoms with E-state index >= 15 is 0 Å². The smallest absolute Gasteiger partial charge is 0.302 e. The van der Waals surface area contributed by atoms with Crippen LogP contribution in [-0.4, -0.2) is 41.8 Å². The van der Waals surface area contributed by atoms with E-state index in [1.54, 1.807) is 0 Å². The van der Waals surface area contributed by atoms with Crippen LogP contribution in [-0.2, 0) is 19.1 Å². The fourth-order valence-electron chi connectivity index (χ4n) is 4.67. The first-order valence-corrected chi connectivity index (χ1v) is 9.76. The van der Waals surface area contributed by atoms with Crippen LogP contribution in [0.4, 0.5) is 0 Å². The van der Waals surface area contributed by atoms with E-state index in [1.807, 2.05) is 19.1 Å². The summed E-state index contributed by atoms with van der Waals surface area (Å²) in [5.74, 6) is -0.793. The maximum Gasteiger partial charge on any atom is 0.302 e. The highest BCUT2D eigenvalue weighted by Gasteiger charge is 2.53. The van der Waals surface area contributed by atoms with E-state index in [4.69, 9.17) is 9.47 Å². The van der Waals surface area contributed by atoms with Crippen molar-refractivity contribution in [3.05, 3.63) is 35.5 Å². The number of epoxide rings is 1. The van der Waals surface area contributed by atoms with E-state index in [-0.39, 0.29) is 42.0 Å². The molecule has 0 aromatic heterocycles. The number of fused-ring (bicyclic) bond motifs is 2. The Kier molecular flexibility index (Phi) is 5.73. The van der Waals surface area contributed by atoms with Crippen molar-refractivity contribution in [1.29, 1.82) is 0 Å². The summed E-state index contributed by atoms with van der Waals surface area (Å²) in [4.78, 5) is 22.8. The van der Waals surface area contributed by atoms with Gasteiger partial charge in [0.05, 0.1) is 17.8 Å². The first-order valence-electron chi connectivity index (χ1n) is 9.76.